The molecule has 1 heterocycles. The Bertz CT molecular complexity index is 745. The molecule has 2 atom stereocenters. The van der Waals surface area contributed by atoms with Gasteiger partial charge in [-0.2, -0.15) is 5.26 Å². The van der Waals surface area contributed by atoms with Gasteiger partial charge in [-0.25, -0.2) is 12.8 Å². The number of aliphatic hydroxyl groups is 1. The minimum atomic E-state index is -4.39. The summed E-state index contributed by atoms with van der Waals surface area (Å²) in [5, 5.41) is 16.8. The van der Waals surface area contributed by atoms with Gasteiger partial charge < -0.3 is 9.84 Å². The van der Waals surface area contributed by atoms with Crippen LogP contribution in [0.4, 0.5) is 4.39 Å². The van der Waals surface area contributed by atoms with Crippen LogP contribution in [0.15, 0.2) is 17.0 Å². The van der Waals surface area contributed by atoms with Crippen molar-refractivity contribution < 1.29 is 22.7 Å². The van der Waals surface area contributed by atoms with Gasteiger partial charge in [0.2, 0.25) is 14.8 Å². The van der Waals surface area contributed by atoms with Gasteiger partial charge in [-0.3, -0.25) is 0 Å². The average Bonchev–Trinajstić information content (AvgIpc) is 2.45. The fraction of sp³-hybridized carbons (Fsp3) is 0.500. The lowest BCUT2D eigenvalue weighted by Gasteiger charge is -2.28. The van der Waals surface area contributed by atoms with Crippen LogP contribution >= 0.6 is 0 Å². The lowest BCUT2D eigenvalue weighted by molar-refractivity contribution is -0.0354. The molecule has 114 valence electrons. The summed E-state index contributed by atoms with van der Waals surface area (Å²) in [6, 6.07) is 4.30. The standard InChI is InChI=1S/C14H16FNO4S/c1-8(2)20-10-5-6-11-12(9(10)7-16)13(3,17)14(4,15)21(11,18)19/h5-6,8,17H,1-4H3. The Morgan fingerprint density at radius 3 is 2.43 bits per heavy atom. The summed E-state index contributed by atoms with van der Waals surface area (Å²) in [5.41, 5.74) is -2.73. The van der Waals surface area contributed by atoms with E-state index >= 15 is 0 Å². The molecular weight excluding hydrogens is 297 g/mol. The maximum Gasteiger partial charge on any atom is 0.244 e. The number of hydrogen-bond donors (Lipinski definition) is 1. The minimum absolute atomic E-state index is 0.124. The molecule has 21 heavy (non-hydrogen) atoms. The molecular formula is C14H16FNO4S. The molecule has 0 aliphatic carbocycles. The topological polar surface area (TPSA) is 87.4 Å². The molecule has 1 aromatic carbocycles. The first kappa shape index (κ1) is 15.7. The summed E-state index contributed by atoms with van der Waals surface area (Å²) < 4.78 is 44.6. The molecule has 0 aromatic heterocycles. The quantitative estimate of drug-likeness (QED) is 0.902. The lowest BCUT2D eigenvalue weighted by Crippen LogP contribution is -2.44. The number of rotatable bonds is 2. The molecule has 2 unspecified atom stereocenters. The molecule has 1 aliphatic rings. The monoisotopic (exact) mass is 313 g/mol. The number of hydrogen-bond acceptors (Lipinski definition) is 5. The van der Waals surface area contributed by atoms with E-state index in [1.807, 2.05) is 6.07 Å². The molecule has 1 aliphatic heterocycles. The van der Waals surface area contributed by atoms with Gasteiger partial charge in [-0.05, 0) is 39.8 Å². The van der Waals surface area contributed by atoms with Crippen LogP contribution in [-0.4, -0.2) is 24.6 Å². The second-order valence-electron chi connectivity index (χ2n) is 5.58. The van der Waals surface area contributed by atoms with E-state index in [0.29, 0.717) is 0 Å². The van der Waals surface area contributed by atoms with E-state index in [-0.39, 0.29) is 27.9 Å². The number of ether oxygens (including phenoxy) is 1. The second kappa shape index (κ2) is 4.42. The van der Waals surface area contributed by atoms with Crippen molar-refractivity contribution in [1.29, 1.82) is 5.26 Å². The van der Waals surface area contributed by atoms with Crippen molar-refractivity contribution in [3.63, 3.8) is 0 Å². The van der Waals surface area contributed by atoms with Crippen LogP contribution in [-0.2, 0) is 15.4 Å². The fourth-order valence-corrected chi connectivity index (χ4v) is 4.28. The van der Waals surface area contributed by atoms with Crippen molar-refractivity contribution in [1.82, 2.24) is 0 Å². The van der Waals surface area contributed by atoms with Crippen molar-refractivity contribution in [3.8, 4) is 11.8 Å². The summed E-state index contributed by atoms with van der Waals surface area (Å²) in [4.78, 5) is -0.370. The zero-order valence-electron chi connectivity index (χ0n) is 12.1. The molecule has 0 bridgehead atoms. The smallest absolute Gasteiger partial charge is 0.244 e. The molecule has 0 fully saturated rings. The lowest BCUT2D eigenvalue weighted by atomic mass is 9.88. The number of benzene rings is 1. The zero-order chi connectivity index (χ0) is 16.2. The van der Waals surface area contributed by atoms with E-state index < -0.39 is 20.4 Å². The van der Waals surface area contributed by atoms with Crippen LogP contribution in [0.2, 0.25) is 0 Å². The highest BCUT2D eigenvalue weighted by Crippen LogP contribution is 2.54. The van der Waals surface area contributed by atoms with Crippen LogP contribution in [0.25, 0.3) is 0 Å². The second-order valence-corrected chi connectivity index (χ2v) is 7.80. The molecule has 0 radical (unpaired) electrons. The summed E-state index contributed by atoms with van der Waals surface area (Å²) >= 11 is 0. The van der Waals surface area contributed by atoms with E-state index in [1.165, 1.54) is 12.1 Å². The first-order chi connectivity index (χ1) is 9.48. The normalized spacial score (nSPS) is 30.0. The molecule has 1 N–H and O–H groups in total. The summed E-state index contributed by atoms with van der Waals surface area (Å²) in [6.07, 6.45) is -0.255. The van der Waals surface area contributed by atoms with Crippen LogP contribution in [0.5, 0.6) is 5.75 Å². The predicted molar refractivity (Wildman–Crippen MR) is 73.2 cm³/mol. The highest BCUT2D eigenvalue weighted by Gasteiger charge is 2.64. The Labute approximate surface area is 122 Å². The van der Waals surface area contributed by atoms with Crippen molar-refractivity contribution in [2.75, 3.05) is 0 Å². The van der Waals surface area contributed by atoms with Gasteiger partial charge in [0.15, 0.2) is 0 Å². The summed E-state index contributed by atoms with van der Waals surface area (Å²) in [5.74, 6) is 0.124. The van der Waals surface area contributed by atoms with Gasteiger partial charge in [-0.15, -0.1) is 0 Å². The predicted octanol–water partition coefficient (Wildman–Crippen LogP) is 2.03. The molecule has 1 aromatic rings. The SMILES string of the molecule is CC(C)Oc1ccc2c(c1C#N)C(C)(O)C(C)(F)S2(=O)=O. The van der Waals surface area contributed by atoms with Crippen molar-refractivity contribution >= 4 is 9.84 Å². The van der Waals surface area contributed by atoms with Gasteiger partial charge in [0, 0.05) is 5.56 Å². The molecule has 5 nitrogen and oxygen atoms in total. The first-order valence-electron chi connectivity index (χ1n) is 6.38. The Kier molecular flexibility index (Phi) is 3.31. The molecule has 0 amide bonds. The van der Waals surface area contributed by atoms with E-state index in [0.717, 1.165) is 13.8 Å². The molecule has 7 heteroatoms. The highest BCUT2D eigenvalue weighted by atomic mass is 32.2. The van der Waals surface area contributed by atoms with E-state index in [2.05, 4.69) is 0 Å². The fourth-order valence-electron chi connectivity index (χ4n) is 2.43. The zero-order valence-corrected chi connectivity index (χ0v) is 13.0. The first-order valence-corrected chi connectivity index (χ1v) is 7.87. The van der Waals surface area contributed by atoms with Crippen molar-refractivity contribution in [2.24, 2.45) is 0 Å². The maximum atomic E-state index is 14.7. The highest BCUT2D eigenvalue weighted by molar-refractivity contribution is 7.93. The van der Waals surface area contributed by atoms with Gasteiger partial charge in [0.05, 0.1) is 11.0 Å². The number of sulfone groups is 1. The van der Waals surface area contributed by atoms with Gasteiger partial charge in [0.1, 0.15) is 23.0 Å². The minimum Gasteiger partial charge on any atom is -0.490 e. The van der Waals surface area contributed by atoms with Crippen molar-refractivity contribution in [2.45, 2.75) is 49.3 Å². The molecule has 0 spiro atoms. The Balaban J connectivity index is 2.87. The van der Waals surface area contributed by atoms with Crippen LogP contribution in [0.3, 0.4) is 0 Å². The average molecular weight is 313 g/mol. The third-order valence-corrected chi connectivity index (χ3v) is 6.08. The Morgan fingerprint density at radius 2 is 1.95 bits per heavy atom. The van der Waals surface area contributed by atoms with Gasteiger partial charge in [-0.1, -0.05) is 0 Å². The van der Waals surface area contributed by atoms with Gasteiger partial charge in [0.25, 0.3) is 0 Å². The Hall–Kier alpha value is -1.65. The molecule has 0 saturated carbocycles. The molecule has 2 rings (SSSR count). The Morgan fingerprint density at radius 1 is 1.38 bits per heavy atom. The maximum absolute atomic E-state index is 14.7. The van der Waals surface area contributed by atoms with Crippen LogP contribution in [0.1, 0.15) is 38.8 Å². The number of fused-ring (bicyclic) bond motifs is 1. The molecule has 0 saturated heterocycles. The number of alkyl halides is 1. The third-order valence-electron chi connectivity index (χ3n) is 3.75. The number of halogens is 1. The van der Waals surface area contributed by atoms with Gasteiger partial charge >= 0.3 is 0 Å². The van der Waals surface area contributed by atoms with E-state index in [9.17, 15) is 23.2 Å². The van der Waals surface area contributed by atoms with Crippen molar-refractivity contribution in [3.05, 3.63) is 23.3 Å². The largest absolute Gasteiger partial charge is 0.490 e. The van der Waals surface area contributed by atoms with E-state index in [1.54, 1.807) is 13.8 Å². The summed E-state index contributed by atoms with van der Waals surface area (Å²) in [6.45, 7) is 5.33. The van der Waals surface area contributed by atoms with Crippen LogP contribution < -0.4 is 4.74 Å². The van der Waals surface area contributed by atoms with E-state index in [4.69, 9.17) is 4.74 Å². The summed E-state index contributed by atoms with van der Waals surface area (Å²) in [7, 11) is -4.39. The number of nitrogens with zero attached hydrogens (tertiary/aromatic N) is 1. The third kappa shape index (κ3) is 1.86. The van der Waals surface area contributed by atoms with Crippen LogP contribution in [0, 0.1) is 11.3 Å². The number of nitriles is 1.